The van der Waals surface area contributed by atoms with Crippen molar-refractivity contribution in [3.05, 3.63) is 40.3 Å². The van der Waals surface area contributed by atoms with E-state index in [9.17, 15) is 4.91 Å². The first-order chi connectivity index (χ1) is 5.83. The van der Waals surface area contributed by atoms with Crippen molar-refractivity contribution in [2.45, 2.75) is 13.3 Å². The number of hydrogen-bond acceptors (Lipinski definition) is 3. The topological polar surface area (TPSA) is 38.7 Å². The molecule has 0 heterocycles. The number of aryl methyl sites for hydroxylation is 1. The van der Waals surface area contributed by atoms with Crippen LogP contribution in [0.4, 0.5) is 0 Å². The van der Waals surface area contributed by atoms with Crippen LogP contribution in [0.1, 0.15) is 11.1 Å². The molecule has 0 amide bonds. The maximum Gasteiger partial charge on any atom is 0.155 e. The molecule has 0 N–H and O–H groups in total. The van der Waals surface area contributed by atoms with Gasteiger partial charge in [0.2, 0.25) is 0 Å². The molecular formula is C9H11NO2. The van der Waals surface area contributed by atoms with Crippen LogP contribution >= 0.6 is 0 Å². The minimum atomic E-state index is 0.354. The summed E-state index contributed by atoms with van der Waals surface area (Å²) in [6, 6.07) is 8.10. The molecule has 0 aliphatic rings. The first-order valence-corrected chi connectivity index (χ1v) is 3.83. The molecule has 1 aromatic rings. The highest BCUT2D eigenvalue weighted by Crippen LogP contribution is 2.03. The number of benzene rings is 1. The van der Waals surface area contributed by atoms with Crippen LogP contribution in [0.3, 0.4) is 0 Å². The van der Waals surface area contributed by atoms with Crippen molar-refractivity contribution in [1.29, 1.82) is 0 Å². The highest BCUT2D eigenvalue weighted by Gasteiger charge is 1.92. The zero-order chi connectivity index (χ0) is 8.81. The zero-order valence-electron chi connectivity index (χ0n) is 6.99. The Hall–Kier alpha value is -1.38. The highest BCUT2D eigenvalue weighted by atomic mass is 16.7. The smallest absolute Gasteiger partial charge is 0.155 e. The summed E-state index contributed by atoms with van der Waals surface area (Å²) in [6.07, 6.45) is 0.728. The van der Waals surface area contributed by atoms with E-state index < -0.39 is 0 Å². The molecular weight excluding hydrogens is 154 g/mol. The normalized spacial score (nSPS) is 9.42. The summed E-state index contributed by atoms with van der Waals surface area (Å²) in [5.41, 5.74) is 2.39. The lowest BCUT2D eigenvalue weighted by molar-refractivity contribution is 0.143. The lowest BCUT2D eigenvalue weighted by atomic mass is 10.1. The van der Waals surface area contributed by atoms with Gasteiger partial charge in [0, 0.05) is 6.42 Å². The van der Waals surface area contributed by atoms with Crippen molar-refractivity contribution in [3.8, 4) is 0 Å². The van der Waals surface area contributed by atoms with Gasteiger partial charge in [-0.15, -0.1) is 4.91 Å². The minimum Gasteiger partial charge on any atom is -0.364 e. The van der Waals surface area contributed by atoms with Crippen molar-refractivity contribution in [1.82, 2.24) is 0 Å². The second-order valence-corrected chi connectivity index (χ2v) is 2.64. The molecule has 0 unspecified atom stereocenters. The first kappa shape index (κ1) is 8.71. The monoisotopic (exact) mass is 165 g/mol. The van der Waals surface area contributed by atoms with Crippen LogP contribution in [0.2, 0.25) is 0 Å². The van der Waals surface area contributed by atoms with E-state index in [0.29, 0.717) is 6.61 Å². The summed E-state index contributed by atoms with van der Waals surface area (Å²) in [5, 5.41) is 2.32. The van der Waals surface area contributed by atoms with E-state index in [2.05, 4.69) is 10.2 Å². The third-order valence-electron chi connectivity index (χ3n) is 1.66. The zero-order valence-corrected chi connectivity index (χ0v) is 6.99. The second kappa shape index (κ2) is 4.49. The Bertz CT molecular complexity index is 243. The molecule has 3 heteroatoms. The standard InChI is InChI=1S/C9H11NO2/c1-8-2-4-9(5-3-8)6-7-12-10-11/h2-5H,6-7H2,1H3. The van der Waals surface area contributed by atoms with Gasteiger partial charge in [0.1, 0.15) is 6.61 Å². The Morgan fingerprint density at radius 1 is 1.33 bits per heavy atom. The third kappa shape index (κ3) is 2.70. The van der Waals surface area contributed by atoms with E-state index in [1.54, 1.807) is 0 Å². The summed E-state index contributed by atoms with van der Waals surface area (Å²) < 4.78 is 0. The summed E-state index contributed by atoms with van der Waals surface area (Å²) in [4.78, 5) is 13.9. The molecule has 12 heavy (non-hydrogen) atoms. The van der Waals surface area contributed by atoms with E-state index in [1.165, 1.54) is 5.56 Å². The molecule has 1 rings (SSSR count). The fourth-order valence-corrected chi connectivity index (χ4v) is 0.956. The SMILES string of the molecule is Cc1ccc(CCON=O)cc1. The first-order valence-electron chi connectivity index (χ1n) is 3.83. The van der Waals surface area contributed by atoms with Crippen LogP contribution in [-0.2, 0) is 11.3 Å². The largest absolute Gasteiger partial charge is 0.364 e. The summed E-state index contributed by atoms with van der Waals surface area (Å²) in [6.45, 7) is 2.39. The average Bonchev–Trinajstić information content (AvgIpc) is 2.09. The van der Waals surface area contributed by atoms with Crippen LogP contribution in [0.5, 0.6) is 0 Å². The Morgan fingerprint density at radius 3 is 2.58 bits per heavy atom. The molecule has 0 saturated heterocycles. The summed E-state index contributed by atoms with van der Waals surface area (Å²) in [7, 11) is 0. The molecule has 1 aromatic carbocycles. The van der Waals surface area contributed by atoms with Gasteiger partial charge in [0.15, 0.2) is 5.34 Å². The van der Waals surface area contributed by atoms with E-state index in [1.807, 2.05) is 31.2 Å². The van der Waals surface area contributed by atoms with Crippen LogP contribution in [-0.4, -0.2) is 6.61 Å². The van der Waals surface area contributed by atoms with Crippen LogP contribution in [0, 0.1) is 11.8 Å². The van der Waals surface area contributed by atoms with Gasteiger partial charge >= 0.3 is 0 Å². The van der Waals surface area contributed by atoms with E-state index in [0.717, 1.165) is 12.0 Å². The number of nitrogens with zero attached hydrogens (tertiary/aromatic N) is 1. The minimum absolute atomic E-state index is 0.354. The fourth-order valence-electron chi connectivity index (χ4n) is 0.956. The molecule has 0 aliphatic carbocycles. The molecule has 0 radical (unpaired) electrons. The fraction of sp³-hybridized carbons (Fsp3) is 0.333. The van der Waals surface area contributed by atoms with Crippen LogP contribution in [0.25, 0.3) is 0 Å². The van der Waals surface area contributed by atoms with Gasteiger partial charge in [0.25, 0.3) is 0 Å². The van der Waals surface area contributed by atoms with E-state index in [4.69, 9.17) is 0 Å². The van der Waals surface area contributed by atoms with Gasteiger partial charge in [-0.25, -0.2) is 0 Å². The average molecular weight is 165 g/mol. The Labute approximate surface area is 71.3 Å². The lowest BCUT2D eigenvalue weighted by Gasteiger charge is -1.98. The van der Waals surface area contributed by atoms with Gasteiger partial charge in [0.05, 0.1) is 0 Å². The van der Waals surface area contributed by atoms with Gasteiger partial charge in [-0.1, -0.05) is 29.8 Å². The molecule has 0 atom stereocenters. The van der Waals surface area contributed by atoms with Gasteiger partial charge in [-0.2, -0.15) is 0 Å². The number of rotatable bonds is 4. The number of hydrogen-bond donors (Lipinski definition) is 0. The predicted octanol–water partition coefficient (Wildman–Crippen LogP) is 2.24. The molecule has 0 fully saturated rings. The van der Waals surface area contributed by atoms with E-state index in [-0.39, 0.29) is 0 Å². The van der Waals surface area contributed by atoms with Crippen molar-refractivity contribution in [2.75, 3.05) is 6.61 Å². The van der Waals surface area contributed by atoms with Gasteiger partial charge in [-0.3, -0.25) is 0 Å². The third-order valence-corrected chi connectivity index (χ3v) is 1.66. The van der Waals surface area contributed by atoms with Crippen LogP contribution in [0.15, 0.2) is 29.6 Å². The Balaban J connectivity index is 2.42. The summed E-state index contributed by atoms with van der Waals surface area (Å²) in [5.74, 6) is 0. The molecule has 0 aromatic heterocycles. The Morgan fingerprint density at radius 2 is 2.00 bits per heavy atom. The van der Waals surface area contributed by atoms with Crippen molar-refractivity contribution >= 4 is 0 Å². The maximum atomic E-state index is 9.58. The van der Waals surface area contributed by atoms with Gasteiger partial charge in [-0.05, 0) is 12.5 Å². The second-order valence-electron chi connectivity index (χ2n) is 2.64. The Kier molecular flexibility index (Phi) is 3.26. The van der Waals surface area contributed by atoms with E-state index >= 15 is 0 Å². The van der Waals surface area contributed by atoms with Crippen molar-refractivity contribution < 1.29 is 4.84 Å². The maximum absolute atomic E-state index is 9.58. The lowest BCUT2D eigenvalue weighted by Crippen LogP contribution is -1.92. The molecule has 0 saturated carbocycles. The highest BCUT2D eigenvalue weighted by molar-refractivity contribution is 5.21. The van der Waals surface area contributed by atoms with Crippen LogP contribution < -0.4 is 0 Å². The molecule has 3 nitrogen and oxygen atoms in total. The van der Waals surface area contributed by atoms with Crippen molar-refractivity contribution in [3.63, 3.8) is 0 Å². The quantitative estimate of drug-likeness (QED) is 0.390. The molecule has 0 spiro atoms. The van der Waals surface area contributed by atoms with Gasteiger partial charge < -0.3 is 4.84 Å². The van der Waals surface area contributed by atoms with Crippen molar-refractivity contribution in [2.24, 2.45) is 5.34 Å². The predicted molar refractivity (Wildman–Crippen MR) is 46.6 cm³/mol. The molecule has 0 bridgehead atoms. The molecule has 64 valence electrons. The molecule has 0 aliphatic heterocycles. The summed E-state index contributed by atoms with van der Waals surface area (Å²) >= 11 is 0.